The van der Waals surface area contributed by atoms with Gasteiger partial charge in [0.2, 0.25) is 11.8 Å². The summed E-state index contributed by atoms with van der Waals surface area (Å²) in [5.74, 6) is -1.37. The van der Waals surface area contributed by atoms with Crippen molar-refractivity contribution in [1.29, 1.82) is 0 Å². The number of benzene rings is 2. The van der Waals surface area contributed by atoms with Crippen LogP contribution >= 0.6 is 0 Å². The van der Waals surface area contributed by atoms with Crippen LogP contribution in [0.2, 0.25) is 0 Å². The highest BCUT2D eigenvalue weighted by Crippen LogP contribution is 2.23. The summed E-state index contributed by atoms with van der Waals surface area (Å²) in [6.45, 7) is 2.26. The summed E-state index contributed by atoms with van der Waals surface area (Å²) in [5, 5.41) is 5.53. The number of rotatable bonds is 6. The normalized spacial score (nSPS) is 22.8. The summed E-state index contributed by atoms with van der Waals surface area (Å²) in [4.78, 5) is 39.3. The minimum absolute atomic E-state index is 0.0718. The molecule has 0 aromatic heterocycles. The largest absolute Gasteiger partial charge is 0.374 e. The Morgan fingerprint density at radius 3 is 2.74 bits per heavy atom. The predicted molar refractivity (Wildman–Crippen MR) is 111 cm³/mol. The molecule has 31 heavy (non-hydrogen) atoms. The van der Waals surface area contributed by atoms with Gasteiger partial charge in [0.05, 0.1) is 13.2 Å². The summed E-state index contributed by atoms with van der Waals surface area (Å²) in [6, 6.07) is 12.1. The summed E-state index contributed by atoms with van der Waals surface area (Å²) in [6.07, 6.45) is 0.315. The Labute approximate surface area is 179 Å². The SMILES string of the molecule is Cc1ccc(C(=O)N[C@H]2C[C@H]3C(=O)N[C@@H](COCc4ccccc4)C(=O)N3C2)cc1F. The third-order valence-corrected chi connectivity index (χ3v) is 5.67. The van der Waals surface area contributed by atoms with Gasteiger partial charge in [0.15, 0.2) is 0 Å². The Balaban J connectivity index is 1.34. The third kappa shape index (κ3) is 4.59. The first-order chi connectivity index (χ1) is 14.9. The molecule has 2 heterocycles. The molecular weight excluding hydrogens is 401 g/mol. The first kappa shape index (κ1) is 21.0. The number of ether oxygens (including phenoxy) is 1. The molecule has 0 spiro atoms. The first-order valence-corrected chi connectivity index (χ1v) is 10.2. The molecule has 162 valence electrons. The number of aryl methyl sites for hydroxylation is 1. The predicted octanol–water partition coefficient (Wildman–Crippen LogP) is 1.55. The van der Waals surface area contributed by atoms with Gasteiger partial charge in [-0.05, 0) is 36.6 Å². The fraction of sp³-hybridized carbons (Fsp3) is 0.348. The van der Waals surface area contributed by atoms with Crippen molar-refractivity contribution in [3.05, 3.63) is 71.0 Å². The van der Waals surface area contributed by atoms with E-state index in [-0.39, 0.29) is 36.6 Å². The molecule has 2 aromatic rings. The lowest BCUT2D eigenvalue weighted by Crippen LogP contribution is -2.62. The van der Waals surface area contributed by atoms with E-state index >= 15 is 0 Å². The molecule has 7 nitrogen and oxygen atoms in total. The maximum absolute atomic E-state index is 13.8. The Hall–Kier alpha value is -3.26. The molecule has 2 aromatic carbocycles. The van der Waals surface area contributed by atoms with E-state index in [4.69, 9.17) is 4.74 Å². The molecule has 2 aliphatic rings. The van der Waals surface area contributed by atoms with Crippen LogP contribution < -0.4 is 10.6 Å². The van der Waals surface area contributed by atoms with Crippen LogP contribution in [-0.2, 0) is 20.9 Å². The van der Waals surface area contributed by atoms with E-state index in [0.717, 1.165) is 5.56 Å². The highest BCUT2D eigenvalue weighted by molar-refractivity contribution is 5.98. The molecule has 0 bridgehead atoms. The maximum Gasteiger partial charge on any atom is 0.251 e. The number of halogens is 1. The second-order valence-electron chi connectivity index (χ2n) is 7.94. The number of hydrogen-bond acceptors (Lipinski definition) is 4. The average molecular weight is 425 g/mol. The number of piperazine rings is 1. The Morgan fingerprint density at radius 1 is 1.23 bits per heavy atom. The quantitative estimate of drug-likeness (QED) is 0.735. The molecule has 0 unspecified atom stereocenters. The molecule has 0 aliphatic carbocycles. The second-order valence-corrected chi connectivity index (χ2v) is 7.94. The second kappa shape index (κ2) is 8.85. The van der Waals surface area contributed by atoms with Gasteiger partial charge in [-0.15, -0.1) is 0 Å². The molecule has 2 fully saturated rings. The van der Waals surface area contributed by atoms with Gasteiger partial charge < -0.3 is 20.3 Å². The van der Waals surface area contributed by atoms with E-state index in [2.05, 4.69) is 10.6 Å². The lowest BCUT2D eigenvalue weighted by Gasteiger charge is -2.34. The number of nitrogens with zero attached hydrogens (tertiary/aromatic N) is 1. The van der Waals surface area contributed by atoms with Crippen molar-refractivity contribution in [1.82, 2.24) is 15.5 Å². The van der Waals surface area contributed by atoms with Crippen molar-refractivity contribution in [3.63, 3.8) is 0 Å². The summed E-state index contributed by atoms with van der Waals surface area (Å²) >= 11 is 0. The molecule has 0 radical (unpaired) electrons. The highest BCUT2D eigenvalue weighted by atomic mass is 19.1. The molecule has 2 saturated heterocycles. The summed E-state index contributed by atoms with van der Waals surface area (Å²) < 4.78 is 19.4. The monoisotopic (exact) mass is 425 g/mol. The first-order valence-electron chi connectivity index (χ1n) is 10.2. The molecule has 4 rings (SSSR count). The average Bonchev–Trinajstić information content (AvgIpc) is 3.19. The lowest BCUT2D eigenvalue weighted by atomic mass is 10.1. The van der Waals surface area contributed by atoms with Crippen molar-refractivity contribution in [3.8, 4) is 0 Å². The Kier molecular flexibility index (Phi) is 5.99. The van der Waals surface area contributed by atoms with Crippen LogP contribution in [0.3, 0.4) is 0 Å². The Bertz CT molecular complexity index is 998. The topological polar surface area (TPSA) is 87.7 Å². The van der Waals surface area contributed by atoms with Gasteiger partial charge in [0.1, 0.15) is 17.9 Å². The van der Waals surface area contributed by atoms with E-state index in [1.807, 2.05) is 30.3 Å². The van der Waals surface area contributed by atoms with E-state index in [9.17, 15) is 18.8 Å². The fourth-order valence-corrected chi connectivity index (χ4v) is 3.95. The van der Waals surface area contributed by atoms with E-state index < -0.39 is 23.8 Å². The summed E-state index contributed by atoms with van der Waals surface area (Å²) in [7, 11) is 0. The Morgan fingerprint density at radius 2 is 2.00 bits per heavy atom. The van der Waals surface area contributed by atoms with E-state index in [1.54, 1.807) is 19.1 Å². The fourth-order valence-electron chi connectivity index (χ4n) is 3.95. The van der Waals surface area contributed by atoms with Crippen molar-refractivity contribution >= 4 is 17.7 Å². The number of hydrogen-bond donors (Lipinski definition) is 2. The molecule has 0 saturated carbocycles. The van der Waals surface area contributed by atoms with Crippen LogP contribution in [-0.4, -0.2) is 53.9 Å². The molecule has 2 aliphatic heterocycles. The highest BCUT2D eigenvalue weighted by Gasteiger charge is 2.46. The number of carbonyl (C=O) groups excluding carboxylic acids is 3. The molecule has 2 N–H and O–H groups in total. The number of fused-ring (bicyclic) bond motifs is 1. The number of amides is 3. The van der Waals surface area contributed by atoms with Crippen LogP contribution in [0.15, 0.2) is 48.5 Å². The van der Waals surface area contributed by atoms with Crippen LogP contribution in [0.1, 0.15) is 27.9 Å². The van der Waals surface area contributed by atoms with Gasteiger partial charge in [-0.2, -0.15) is 0 Å². The molecule has 8 heteroatoms. The van der Waals surface area contributed by atoms with Gasteiger partial charge in [0, 0.05) is 18.2 Å². The van der Waals surface area contributed by atoms with Crippen LogP contribution in [0.25, 0.3) is 0 Å². The van der Waals surface area contributed by atoms with Crippen LogP contribution in [0.5, 0.6) is 0 Å². The third-order valence-electron chi connectivity index (χ3n) is 5.67. The van der Waals surface area contributed by atoms with Crippen molar-refractivity contribution in [2.24, 2.45) is 0 Å². The van der Waals surface area contributed by atoms with E-state index in [1.165, 1.54) is 11.0 Å². The van der Waals surface area contributed by atoms with Crippen molar-refractivity contribution in [2.45, 2.75) is 38.1 Å². The maximum atomic E-state index is 13.8. The van der Waals surface area contributed by atoms with Gasteiger partial charge in [0.25, 0.3) is 5.91 Å². The van der Waals surface area contributed by atoms with Crippen molar-refractivity contribution < 1.29 is 23.5 Å². The van der Waals surface area contributed by atoms with E-state index in [0.29, 0.717) is 18.6 Å². The van der Waals surface area contributed by atoms with Crippen molar-refractivity contribution in [2.75, 3.05) is 13.2 Å². The lowest BCUT2D eigenvalue weighted by molar-refractivity contribution is -0.148. The van der Waals surface area contributed by atoms with Gasteiger partial charge in [-0.25, -0.2) is 4.39 Å². The van der Waals surface area contributed by atoms with Gasteiger partial charge in [-0.3, -0.25) is 14.4 Å². The number of carbonyl (C=O) groups is 3. The smallest absolute Gasteiger partial charge is 0.251 e. The minimum Gasteiger partial charge on any atom is -0.374 e. The zero-order valence-corrected chi connectivity index (χ0v) is 17.1. The molecule has 3 amide bonds. The molecular formula is C23H24FN3O4. The van der Waals surface area contributed by atoms with Crippen LogP contribution in [0.4, 0.5) is 4.39 Å². The zero-order valence-electron chi connectivity index (χ0n) is 17.1. The number of nitrogens with one attached hydrogen (secondary N) is 2. The van der Waals surface area contributed by atoms with Crippen LogP contribution in [0, 0.1) is 12.7 Å². The van der Waals surface area contributed by atoms with Gasteiger partial charge >= 0.3 is 0 Å². The van der Waals surface area contributed by atoms with Gasteiger partial charge in [-0.1, -0.05) is 36.4 Å². The minimum atomic E-state index is -0.756. The zero-order chi connectivity index (χ0) is 22.0. The summed E-state index contributed by atoms with van der Waals surface area (Å²) in [5.41, 5.74) is 1.64. The molecule has 3 atom stereocenters. The standard InChI is InChI=1S/C23H24FN3O4/c1-14-7-8-16(9-18(14)24)21(28)25-17-10-20-22(29)26-19(23(30)27(20)11-17)13-31-12-15-5-3-2-4-6-15/h2-9,17,19-20H,10-13H2,1H3,(H,25,28)(H,26,29)/t17-,19-,20-/m0/s1.